The molecule has 103 valence electrons. The van der Waals surface area contributed by atoms with Gasteiger partial charge in [0.1, 0.15) is 0 Å². The highest BCUT2D eigenvalue weighted by molar-refractivity contribution is 5.26. The van der Waals surface area contributed by atoms with Crippen molar-refractivity contribution in [3.05, 3.63) is 69.6 Å². The molecule has 0 unspecified atom stereocenters. The lowest BCUT2D eigenvalue weighted by Crippen LogP contribution is -2.19. The molecular formula is C18H20NO. The number of hydrogen-bond donors (Lipinski definition) is 0. The van der Waals surface area contributed by atoms with Crippen LogP contribution in [0.3, 0.4) is 0 Å². The van der Waals surface area contributed by atoms with Crippen molar-refractivity contribution >= 4 is 0 Å². The van der Waals surface area contributed by atoms with Gasteiger partial charge in [0.05, 0.1) is 6.54 Å². The maximum absolute atomic E-state index is 11.9. The molecule has 1 aliphatic rings. The van der Waals surface area contributed by atoms with Gasteiger partial charge in [-0.3, -0.25) is 4.79 Å². The Morgan fingerprint density at radius 1 is 1.25 bits per heavy atom. The van der Waals surface area contributed by atoms with Crippen LogP contribution in [0, 0.1) is 13.0 Å². The lowest BCUT2D eigenvalue weighted by molar-refractivity contribution is 0.713. The molecule has 2 heteroatoms. The molecule has 1 aliphatic carbocycles. The summed E-state index contributed by atoms with van der Waals surface area (Å²) in [6.45, 7) is 2.59. The highest BCUT2D eigenvalue weighted by atomic mass is 16.1. The quantitative estimate of drug-likeness (QED) is 0.831. The number of pyridine rings is 1. The molecule has 0 saturated heterocycles. The summed E-state index contributed by atoms with van der Waals surface area (Å²) in [5.74, 6) is 0.671. The minimum absolute atomic E-state index is 0.0697. The van der Waals surface area contributed by atoms with Crippen molar-refractivity contribution in [2.45, 2.75) is 45.1 Å². The zero-order chi connectivity index (χ0) is 13.9. The topological polar surface area (TPSA) is 22.0 Å². The third-order valence-electron chi connectivity index (χ3n) is 4.19. The molecule has 1 aromatic heterocycles. The summed E-state index contributed by atoms with van der Waals surface area (Å²) in [5.41, 5.74) is 3.59. The normalized spacial score (nSPS) is 15.7. The van der Waals surface area contributed by atoms with Crippen LogP contribution in [0.5, 0.6) is 0 Å². The van der Waals surface area contributed by atoms with Crippen LogP contribution in [0.15, 0.2) is 41.3 Å². The summed E-state index contributed by atoms with van der Waals surface area (Å²) < 4.78 is 1.76. The summed E-state index contributed by atoms with van der Waals surface area (Å²) in [5, 5.41) is 0. The van der Waals surface area contributed by atoms with Gasteiger partial charge in [0.15, 0.2) is 0 Å². The van der Waals surface area contributed by atoms with Crippen molar-refractivity contribution in [2.75, 3.05) is 0 Å². The molecule has 1 heterocycles. The second-order valence-electron chi connectivity index (χ2n) is 5.80. The van der Waals surface area contributed by atoms with Gasteiger partial charge in [0, 0.05) is 12.3 Å². The van der Waals surface area contributed by atoms with E-state index in [9.17, 15) is 4.79 Å². The zero-order valence-electron chi connectivity index (χ0n) is 11.9. The Kier molecular flexibility index (Phi) is 3.72. The highest BCUT2D eigenvalue weighted by Crippen LogP contribution is 2.34. The van der Waals surface area contributed by atoms with Gasteiger partial charge in [0.25, 0.3) is 5.56 Å². The van der Waals surface area contributed by atoms with Crippen LogP contribution in [0.4, 0.5) is 0 Å². The van der Waals surface area contributed by atoms with E-state index in [2.05, 4.69) is 18.2 Å². The lowest BCUT2D eigenvalue weighted by Gasteiger charge is -2.12. The second-order valence-corrected chi connectivity index (χ2v) is 5.80. The average molecular weight is 266 g/mol. The van der Waals surface area contributed by atoms with Gasteiger partial charge in [0.2, 0.25) is 0 Å². The van der Waals surface area contributed by atoms with E-state index < -0.39 is 0 Å². The fraction of sp³-hybridized carbons (Fsp3) is 0.389. The molecule has 0 N–H and O–H groups in total. The van der Waals surface area contributed by atoms with Crippen LogP contribution < -0.4 is 5.56 Å². The Balaban J connectivity index is 1.83. The first-order valence-corrected chi connectivity index (χ1v) is 7.40. The largest absolute Gasteiger partial charge is 0.311 e. The third-order valence-corrected chi connectivity index (χ3v) is 4.19. The molecular weight excluding hydrogens is 246 g/mol. The first-order chi connectivity index (χ1) is 9.72. The third kappa shape index (κ3) is 2.84. The molecule has 1 aromatic carbocycles. The lowest BCUT2D eigenvalue weighted by atomic mass is 9.96. The van der Waals surface area contributed by atoms with Crippen molar-refractivity contribution in [1.82, 2.24) is 4.57 Å². The molecule has 0 spiro atoms. The number of nitrogens with zero attached hydrogens (tertiary/aromatic N) is 1. The fourth-order valence-corrected chi connectivity index (χ4v) is 3.04. The van der Waals surface area contributed by atoms with Crippen LogP contribution in [-0.2, 0) is 6.54 Å². The summed E-state index contributed by atoms with van der Waals surface area (Å²) in [7, 11) is 0. The van der Waals surface area contributed by atoms with Gasteiger partial charge in [-0.15, -0.1) is 0 Å². The number of hydrogen-bond acceptors (Lipinski definition) is 1. The Morgan fingerprint density at radius 3 is 2.80 bits per heavy atom. The highest BCUT2D eigenvalue weighted by Gasteiger charge is 2.17. The Hall–Kier alpha value is -1.83. The van der Waals surface area contributed by atoms with Crippen LogP contribution in [0.1, 0.15) is 48.3 Å². The molecule has 3 rings (SSSR count). The van der Waals surface area contributed by atoms with Gasteiger partial charge >= 0.3 is 0 Å². The van der Waals surface area contributed by atoms with Crippen molar-refractivity contribution in [2.24, 2.45) is 0 Å². The molecule has 2 nitrogen and oxygen atoms in total. The number of rotatable bonds is 3. The molecule has 20 heavy (non-hydrogen) atoms. The smallest absolute Gasteiger partial charge is 0.251 e. The molecule has 1 fully saturated rings. The SMILES string of the molecule is Cc1ccn(Cc2cc[c]c(C3CCCC3)c2)c(=O)c1. The fourth-order valence-electron chi connectivity index (χ4n) is 3.04. The van der Waals surface area contributed by atoms with Crippen molar-refractivity contribution < 1.29 is 0 Å². The van der Waals surface area contributed by atoms with E-state index in [-0.39, 0.29) is 5.56 Å². The number of aryl methyl sites for hydroxylation is 1. The van der Waals surface area contributed by atoms with E-state index in [1.165, 1.54) is 36.8 Å². The van der Waals surface area contributed by atoms with Crippen molar-refractivity contribution in [3.63, 3.8) is 0 Å². The Morgan fingerprint density at radius 2 is 2.05 bits per heavy atom. The van der Waals surface area contributed by atoms with E-state index in [1.807, 2.05) is 25.3 Å². The van der Waals surface area contributed by atoms with Crippen LogP contribution in [-0.4, -0.2) is 4.57 Å². The van der Waals surface area contributed by atoms with Crippen molar-refractivity contribution in [3.8, 4) is 0 Å². The van der Waals surface area contributed by atoms with E-state index in [0.717, 1.165) is 5.56 Å². The Labute approximate surface area is 120 Å². The van der Waals surface area contributed by atoms with Gasteiger partial charge < -0.3 is 4.57 Å². The second kappa shape index (κ2) is 5.66. The van der Waals surface area contributed by atoms with Gasteiger partial charge in [-0.1, -0.05) is 31.0 Å². The summed E-state index contributed by atoms with van der Waals surface area (Å²) >= 11 is 0. The average Bonchev–Trinajstić information content (AvgIpc) is 2.96. The molecule has 0 aliphatic heterocycles. The van der Waals surface area contributed by atoms with E-state index in [0.29, 0.717) is 12.5 Å². The molecule has 0 amide bonds. The van der Waals surface area contributed by atoms with Gasteiger partial charge in [-0.05, 0) is 54.5 Å². The standard InChI is InChI=1S/C18H20NO/c1-14-9-10-19(18(20)11-14)13-15-5-4-8-17(12-15)16-6-2-3-7-16/h4-5,9-12,16H,2-3,6-7,13H2,1H3. The van der Waals surface area contributed by atoms with Gasteiger partial charge in [-0.25, -0.2) is 0 Å². The first-order valence-electron chi connectivity index (χ1n) is 7.40. The Bertz CT molecular complexity index is 650. The molecule has 0 atom stereocenters. The van der Waals surface area contributed by atoms with E-state index in [1.54, 1.807) is 10.6 Å². The van der Waals surface area contributed by atoms with Crippen LogP contribution in [0.25, 0.3) is 0 Å². The monoisotopic (exact) mass is 266 g/mol. The molecule has 2 aromatic rings. The van der Waals surface area contributed by atoms with E-state index >= 15 is 0 Å². The number of aromatic nitrogens is 1. The maximum Gasteiger partial charge on any atom is 0.251 e. The predicted molar refractivity (Wildman–Crippen MR) is 81.0 cm³/mol. The maximum atomic E-state index is 11.9. The summed E-state index contributed by atoms with van der Waals surface area (Å²) in [6, 6.07) is 13.3. The molecule has 0 bridgehead atoms. The molecule has 1 radical (unpaired) electrons. The number of benzene rings is 1. The summed E-state index contributed by atoms with van der Waals surface area (Å²) in [6.07, 6.45) is 7.11. The summed E-state index contributed by atoms with van der Waals surface area (Å²) in [4.78, 5) is 11.9. The predicted octanol–water partition coefficient (Wildman–Crippen LogP) is 3.66. The molecule has 1 saturated carbocycles. The van der Waals surface area contributed by atoms with Crippen LogP contribution in [0.2, 0.25) is 0 Å². The van der Waals surface area contributed by atoms with Gasteiger partial charge in [-0.2, -0.15) is 0 Å². The van der Waals surface area contributed by atoms with Crippen LogP contribution >= 0.6 is 0 Å². The minimum atomic E-state index is 0.0697. The zero-order valence-corrected chi connectivity index (χ0v) is 11.9. The minimum Gasteiger partial charge on any atom is -0.311 e. The first kappa shape index (κ1) is 13.2. The van der Waals surface area contributed by atoms with E-state index in [4.69, 9.17) is 0 Å². The van der Waals surface area contributed by atoms with Crippen molar-refractivity contribution in [1.29, 1.82) is 0 Å².